The lowest BCUT2D eigenvalue weighted by Crippen LogP contribution is -2.25. The maximum Gasteiger partial charge on any atom is 0.275 e. The Morgan fingerprint density at radius 2 is 2.10 bits per heavy atom. The predicted molar refractivity (Wildman–Crippen MR) is 82.4 cm³/mol. The summed E-state index contributed by atoms with van der Waals surface area (Å²) < 4.78 is 0. The zero-order chi connectivity index (χ0) is 15.2. The summed E-state index contributed by atoms with van der Waals surface area (Å²) in [7, 11) is 0. The fourth-order valence-electron chi connectivity index (χ4n) is 1.67. The minimum absolute atomic E-state index is 0.131. The van der Waals surface area contributed by atoms with E-state index in [0.717, 1.165) is 5.01 Å². The van der Waals surface area contributed by atoms with Crippen LogP contribution in [0.3, 0.4) is 0 Å². The Balaban J connectivity index is 2.19. The second-order valence-corrected chi connectivity index (χ2v) is 5.20. The molecule has 0 saturated heterocycles. The minimum atomic E-state index is -0.350. The van der Waals surface area contributed by atoms with E-state index < -0.39 is 0 Å². The molecule has 2 amide bonds. The van der Waals surface area contributed by atoms with Gasteiger partial charge in [0.25, 0.3) is 11.8 Å². The number of aryl methyl sites for hydroxylation is 1. The molecule has 21 heavy (non-hydrogen) atoms. The Bertz CT molecular complexity index is 716. The van der Waals surface area contributed by atoms with E-state index in [1.54, 1.807) is 29.6 Å². The molecule has 0 aliphatic carbocycles. The van der Waals surface area contributed by atoms with Crippen LogP contribution in [-0.4, -0.2) is 23.3 Å². The molecule has 2 aromatic rings. The zero-order valence-corrected chi connectivity index (χ0v) is 12.2. The summed E-state index contributed by atoms with van der Waals surface area (Å²) in [5.41, 5.74) is 1.10. The van der Waals surface area contributed by atoms with Crippen LogP contribution in [-0.2, 0) is 0 Å². The number of thiazole rings is 1. The van der Waals surface area contributed by atoms with Crippen LogP contribution >= 0.6 is 11.3 Å². The van der Waals surface area contributed by atoms with Gasteiger partial charge in [-0.15, -0.1) is 17.8 Å². The normalized spacial score (nSPS) is 9.71. The van der Waals surface area contributed by atoms with Gasteiger partial charge >= 0.3 is 0 Å². The molecule has 0 saturated carbocycles. The summed E-state index contributed by atoms with van der Waals surface area (Å²) in [6.07, 6.45) is 5.11. The van der Waals surface area contributed by atoms with Crippen molar-refractivity contribution in [2.75, 3.05) is 11.9 Å². The van der Waals surface area contributed by atoms with Gasteiger partial charge in [0.05, 0.1) is 22.8 Å². The van der Waals surface area contributed by atoms with Crippen LogP contribution < -0.4 is 10.6 Å². The van der Waals surface area contributed by atoms with Gasteiger partial charge in [0, 0.05) is 5.38 Å². The fourth-order valence-corrected chi connectivity index (χ4v) is 2.26. The van der Waals surface area contributed by atoms with Crippen LogP contribution in [0.4, 0.5) is 5.69 Å². The molecule has 2 rings (SSSR count). The van der Waals surface area contributed by atoms with Crippen molar-refractivity contribution in [1.29, 1.82) is 0 Å². The average Bonchev–Trinajstić information content (AvgIpc) is 2.92. The number of anilines is 1. The summed E-state index contributed by atoms with van der Waals surface area (Å²) in [6, 6.07) is 6.73. The predicted octanol–water partition coefficient (Wildman–Crippen LogP) is 2.07. The van der Waals surface area contributed by atoms with Crippen LogP contribution in [0.2, 0.25) is 0 Å². The molecule has 0 aliphatic rings. The lowest BCUT2D eigenvalue weighted by Gasteiger charge is -2.09. The summed E-state index contributed by atoms with van der Waals surface area (Å²) in [5, 5.41) is 7.73. The number of carbonyl (C=O) groups excluding carboxylic acids is 2. The number of nitrogens with one attached hydrogen (secondary N) is 2. The van der Waals surface area contributed by atoms with Crippen molar-refractivity contribution in [3.8, 4) is 12.3 Å². The van der Waals surface area contributed by atoms with Crippen LogP contribution in [0.15, 0.2) is 29.6 Å². The first-order valence-electron chi connectivity index (χ1n) is 6.16. The maximum absolute atomic E-state index is 12.1. The van der Waals surface area contributed by atoms with E-state index in [4.69, 9.17) is 6.42 Å². The van der Waals surface area contributed by atoms with Crippen molar-refractivity contribution in [3.05, 3.63) is 45.9 Å². The monoisotopic (exact) mass is 299 g/mol. The molecule has 0 unspecified atom stereocenters. The number of nitrogens with zero attached hydrogens (tertiary/aromatic N) is 1. The van der Waals surface area contributed by atoms with Gasteiger partial charge in [0.1, 0.15) is 5.69 Å². The van der Waals surface area contributed by atoms with E-state index in [0.29, 0.717) is 16.9 Å². The Morgan fingerprint density at radius 3 is 2.76 bits per heavy atom. The van der Waals surface area contributed by atoms with Gasteiger partial charge in [-0.1, -0.05) is 18.1 Å². The standard InChI is InChI=1S/C15H13N3O2S/c1-3-8-16-14(19)11-6-4-5-7-12(11)18-15(20)13-9-21-10(2)17-13/h1,4-7,9H,8H2,2H3,(H,16,19)(H,18,20). The molecular weight excluding hydrogens is 286 g/mol. The fraction of sp³-hybridized carbons (Fsp3) is 0.133. The third-order valence-corrected chi connectivity index (χ3v) is 3.40. The highest BCUT2D eigenvalue weighted by Gasteiger charge is 2.15. The molecule has 0 fully saturated rings. The molecule has 1 aromatic carbocycles. The van der Waals surface area contributed by atoms with E-state index in [9.17, 15) is 9.59 Å². The van der Waals surface area contributed by atoms with Gasteiger partial charge in [-0.3, -0.25) is 9.59 Å². The molecule has 0 bridgehead atoms. The average molecular weight is 299 g/mol. The molecule has 1 aromatic heterocycles. The molecule has 6 heteroatoms. The number of amides is 2. The van der Waals surface area contributed by atoms with Crippen molar-refractivity contribution in [2.24, 2.45) is 0 Å². The minimum Gasteiger partial charge on any atom is -0.341 e. The van der Waals surface area contributed by atoms with Gasteiger partial charge in [0.15, 0.2) is 0 Å². The number of carbonyl (C=O) groups is 2. The zero-order valence-electron chi connectivity index (χ0n) is 11.3. The van der Waals surface area contributed by atoms with Crippen LogP contribution in [0.5, 0.6) is 0 Å². The molecule has 0 spiro atoms. The summed E-state index contributed by atoms with van der Waals surface area (Å²) in [4.78, 5) is 28.2. The molecule has 106 valence electrons. The second kappa shape index (κ2) is 6.68. The highest BCUT2D eigenvalue weighted by Crippen LogP contribution is 2.17. The number of hydrogen-bond donors (Lipinski definition) is 2. The third kappa shape index (κ3) is 3.68. The van der Waals surface area contributed by atoms with Crippen LogP contribution in [0.25, 0.3) is 0 Å². The van der Waals surface area contributed by atoms with Gasteiger partial charge in [-0.25, -0.2) is 4.98 Å². The summed E-state index contributed by atoms with van der Waals surface area (Å²) >= 11 is 1.39. The van der Waals surface area contributed by atoms with Crippen molar-refractivity contribution < 1.29 is 9.59 Å². The number of benzene rings is 1. The Hall–Kier alpha value is -2.65. The quantitative estimate of drug-likeness (QED) is 0.849. The molecule has 0 aliphatic heterocycles. The molecular formula is C15H13N3O2S. The first-order valence-corrected chi connectivity index (χ1v) is 7.04. The lowest BCUT2D eigenvalue weighted by atomic mass is 10.1. The van der Waals surface area contributed by atoms with Gasteiger partial charge in [-0.2, -0.15) is 0 Å². The van der Waals surface area contributed by atoms with E-state index >= 15 is 0 Å². The first kappa shape index (κ1) is 14.8. The third-order valence-electron chi connectivity index (χ3n) is 2.62. The van der Waals surface area contributed by atoms with Crippen molar-refractivity contribution in [1.82, 2.24) is 10.3 Å². The van der Waals surface area contributed by atoms with Crippen molar-refractivity contribution >= 4 is 28.8 Å². The summed E-state index contributed by atoms with van der Waals surface area (Å²) in [6.45, 7) is 1.95. The largest absolute Gasteiger partial charge is 0.341 e. The summed E-state index contributed by atoms with van der Waals surface area (Å²) in [5.74, 6) is 1.64. The SMILES string of the molecule is C#CCNC(=O)c1ccccc1NC(=O)c1csc(C)n1. The van der Waals surface area contributed by atoms with Gasteiger partial charge < -0.3 is 10.6 Å². The highest BCUT2D eigenvalue weighted by molar-refractivity contribution is 7.09. The van der Waals surface area contributed by atoms with Crippen molar-refractivity contribution in [2.45, 2.75) is 6.92 Å². The molecule has 2 N–H and O–H groups in total. The number of rotatable bonds is 4. The lowest BCUT2D eigenvalue weighted by molar-refractivity contribution is 0.0959. The number of hydrogen-bond acceptors (Lipinski definition) is 4. The molecule has 0 radical (unpaired) electrons. The number of aromatic nitrogens is 1. The first-order chi connectivity index (χ1) is 10.1. The smallest absolute Gasteiger partial charge is 0.275 e. The van der Waals surface area contributed by atoms with E-state index in [1.165, 1.54) is 11.3 Å². The Morgan fingerprint density at radius 1 is 1.33 bits per heavy atom. The molecule has 5 nitrogen and oxygen atoms in total. The van der Waals surface area contributed by atoms with E-state index in [1.807, 2.05) is 6.92 Å². The Labute approximate surface area is 126 Å². The van der Waals surface area contributed by atoms with Crippen LogP contribution in [0, 0.1) is 19.3 Å². The second-order valence-electron chi connectivity index (χ2n) is 4.14. The molecule has 1 heterocycles. The highest BCUT2D eigenvalue weighted by atomic mass is 32.1. The van der Waals surface area contributed by atoms with Crippen LogP contribution in [0.1, 0.15) is 25.9 Å². The topological polar surface area (TPSA) is 71.1 Å². The van der Waals surface area contributed by atoms with Gasteiger partial charge in [0.2, 0.25) is 0 Å². The number of terminal acetylenes is 1. The van der Waals surface area contributed by atoms with E-state index in [-0.39, 0.29) is 18.4 Å². The maximum atomic E-state index is 12.1. The van der Waals surface area contributed by atoms with Gasteiger partial charge in [-0.05, 0) is 19.1 Å². The Kier molecular flexibility index (Phi) is 4.69. The van der Waals surface area contributed by atoms with E-state index in [2.05, 4.69) is 21.5 Å². The van der Waals surface area contributed by atoms with Crippen molar-refractivity contribution in [3.63, 3.8) is 0 Å². The number of para-hydroxylation sites is 1. The molecule has 0 atom stereocenters.